The molecule has 3 heterocycles. The molecule has 0 bridgehead atoms. The maximum absolute atomic E-state index is 11.3. The Labute approximate surface area is 116 Å². The van der Waals surface area contributed by atoms with E-state index in [1.807, 2.05) is 12.1 Å². The summed E-state index contributed by atoms with van der Waals surface area (Å²) in [5, 5.41) is 9.31. The van der Waals surface area contributed by atoms with Crippen molar-refractivity contribution in [2.45, 2.75) is 18.9 Å². The molecule has 0 amide bonds. The van der Waals surface area contributed by atoms with Crippen LogP contribution in [-0.2, 0) is 0 Å². The van der Waals surface area contributed by atoms with Crippen LogP contribution in [0, 0.1) is 0 Å². The molecule has 3 rings (SSSR count). The maximum atomic E-state index is 11.3. The molecule has 2 aromatic rings. The highest BCUT2D eigenvalue weighted by atomic mass is 16.4. The summed E-state index contributed by atoms with van der Waals surface area (Å²) in [6, 6.07) is 7.39. The van der Waals surface area contributed by atoms with E-state index in [0.29, 0.717) is 5.82 Å². The highest BCUT2D eigenvalue weighted by Gasteiger charge is 2.29. The molecule has 0 saturated carbocycles. The Morgan fingerprint density at radius 3 is 2.80 bits per heavy atom. The van der Waals surface area contributed by atoms with Gasteiger partial charge in [0, 0.05) is 25.1 Å². The van der Waals surface area contributed by atoms with Gasteiger partial charge in [-0.15, -0.1) is 0 Å². The first kappa shape index (κ1) is 12.6. The standard InChI is InChI=1S/C15H15N3O2/c19-15(20)12-3-1-7-17-14(12)18-10-2-4-13(18)11-5-8-16-9-6-11/h1,3,5-9,13H,2,4,10H2,(H,19,20). The Bertz CT molecular complexity index is 616. The number of nitrogens with zero attached hydrogens (tertiary/aromatic N) is 3. The van der Waals surface area contributed by atoms with E-state index in [4.69, 9.17) is 0 Å². The first-order valence-electron chi connectivity index (χ1n) is 6.62. The van der Waals surface area contributed by atoms with Gasteiger partial charge in [-0.3, -0.25) is 4.98 Å². The van der Waals surface area contributed by atoms with Crippen molar-refractivity contribution in [2.24, 2.45) is 0 Å². The monoisotopic (exact) mass is 269 g/mol. The van der Waals surface area contributed by atoms with E-state index in [1.54, 1.807) is 30.7 Å². The summed E-state index contributed by atoms with van der Waals surface area (Å²) in [5.41, 5.74) is 1.41. The minimum Gasteiger partial charge on any atom is -0.478 e. The molecule has 102 valence electrons. The number of carboxylic acids is 1. The molecule has 20 heavy (non-hydrogen) atoms. The second-order valence-corrected chi connectivity index (χ2v) is 4.81. The number of anilines is 1. The number of carboxylic acid groups (broad SMARTS) is 1. The van der Waals surface area contributed by atoms with Crippen molar-refractivity contribution in [2.75, 3.05) is 11.4 Å². The van der Waals surface area contributed by atoms with Gasteiger partial charge in [0.15, 0.2) is 0 Å². The van der Waals surface area contributed by atoms with Crippen LogP contribution in [0.1, 0.15) is 34.8 Å². The van der Waals surface area contributed by atoms with Crippen LogP contribution in [0.4, 0.5) is 5.82 Å². The van der Waals surface area contributed by atoms with Crippen molar-refractivity contribution < 1.29 is 9.90 Å². The Morgan fingerprint density at radius 2 is 2.05 bits per heavy atom. The lowest BCUT2D eigenvalue weighted by Crippen LogP contribution is -2.25. The van der Waals surface area contributed by atoms with Crippen molar-refractivity contribution in [3.8, 4) is 0 Å². The van der Waals surface area contributed by atoms with Crippen LogP contribution in [-0.4, -0.2) is 27.6 Å². The normalized spacial score (nSPS) is 18.2. The first-order chi connectivity index (χ1) is 9.77. The lowest BCUT2D eigenvalue weighted by Gasteiger charge is -2.27. The quantitative estimate of drug-likeness (QED) is 0.927. The number of rotatable bonds is 3. The van der Waals surface area contributed by atoms with Crippen LogP contribution in [0.25, 0.3) is 0 Å². The molecule has 5 nitrogen and oxygen atoms in total. The second-order valence-electron chi connectivity index (χ2n) is 4.81. The number of hydrogen-bond acceptors (Lipinski definition) is 4. The van der Waals surface area contributed by atoms with Gasteiger partial charge in [0.2, 0.25) is 0 Å². The summed E-state index contributed by atoms with van der Waals surface area (Å²) in [5.74, 6) is -0.382. The highest BCUT2D eigenvalue weighted by molar-refractivity contribution is 5.93. The van der Waals surface area contributed by atoms with Crippen LogP contribution in [0.3, 0.4) is 0 Å². The molecule has 1 fully saturated rings. The third-order valence-electron chi connectivity index (χ3n) is 3.63. The molecule has 0 radical (unpaired) electrons. The Hall–Kier alpha value is -2.43. The van der Waals surface area contributed by atoms with E-state index in [9.17, 15) is 9.90 Å². The van der Waals surface area contributed by atoms with Crippen LogP contribution in [0.5, 0.6) is 0 Å². The van der Waals surface area contributed by atoms with E-state index in [1.165, 1.54) is 0 Å². The fourth-order valence-corrected chi connectivity index (χ4v) is 2.75. The average Bonchev–Trinajstić information content (AvgIpc) is 2.97. The summed E-state index contributed by atoms with van der Waals surface area (Å²) in [7, 11) is 0. The molecule has 1 saturated heterocycles. The third kappa shape index (κ3) is 2.22. The SMILES string of the molecule is O=C(O)c1cccnc1N1CCCC1c1ccncc1. The molecule has 1 N–H and O–H groups in total. The van der Waals surface area contributed by atoms with Crippen LogP contribution in [0.2, 0.25) is 0 Å². The second kappa shape index (κ2) is 5.28. The molecule has 2 aromatic heterocycles. The Morgan fingerprint density at radius 1 is 1.25 bits per heavy atom. The van der Waals surface area contributed by atoms with Crippen LogP contribution < -0.4 is 4.90 Å². The lowest BCUT2D eigenvalue weighted by atomic mass is 10.1. The summed E-state index contributed by atoms with van der Waals surface area (Å²) in [6.07, 6.45) is 7.21. The predicted molar refractivity (Wildman–Crippen MR) is 74.8 cm³/mol. The van der Waals surface area contributed by atoms with Gasteiger partial charge >= 0.3 is 5.97 Å². The van der Waals surface area contributed by atoms with E-state index < -0.39 is 5.97 Å². The van der Waals surface area contributed by atoms with Gasteiger partial charge in [-0.1, -0.05) is 0 Å². The zero-order chi connectivity index (χ0) is 13.9. The van der Waals surface area contributed by atoms with Crippen molar-refractivity contribution in [3.63, 3.8) is 0 Å². The first-order valence-corrected chi connectivity index (χ1v) is 6.62. The molecule has 1 unspecified atom stereocenters. The molecule has 0 aromatic carbocycles. The smallest absolute Gasteiger partial charge is 0.339 e. The topological polar surface area (TPSA) is 66.3 Å². The molecule has 0 spiro atoms. The predicted octanol–water partition coefficient (Wildman–Crippen LogP) is 2.52. The fraction of sp³-hybridized carbons (Fsp3) is 0.267. The van der Waals surface area contributed by atoms with Gasteiger partial charge in [-0.2, -0.15) is 0 Å². The number of aromatic nitrogens is 2. The van der Waals surface area contributed by atoms with Gasteiger partial charge < -0.3 is 10.0 Å². The number of carbonyl (C=O) groups is 1. The average molecular weight is 269 g/mol. The van der Waals surface area contributed by atoms with Crippen molar-refractivity contribution in [3.05, 3.63) is 54.0 Å². The Kier molecular flexibility index (Phi) is 3.33. The van der Waals surface area contributed by atoms with Crippen molar-refractivity contribution in [1.29, 1.82) is 0 Å². The number of hydrogen-bond donors (Lipinski definition) is 1. The summed E-state index contributed by atoms with van der Waals surface area (Å²) < 4.78 is 0. The van der Waals surface area contributed by atoms with Crippen LogP contribution in [0.15, 0.2) is 42.9 Å². The largest absolute Gasteiger partial charge is 0.478 e. The number of aromatic carboxylic acids is 1. The lowest BCUT2D eigenvalue weighted by molar-refractivity contribution is 0.0697. The van der Waals surface area contributed by atoms with E-state index >= 15 is 0 Å². The third-order valence-corrected chi connectivity index (χ3v) is 3.63. The van der Waals surface area contributed by atoms with Crippen LogP contribution >= 0.6 is 0 Å². The molecule has 1 aliphatic rings. The van der Waals surface area contributed by atoms with Gasteiger partial charge in [0.1, 0.15) is 11.4 Å². The highest BCUT2D eigenvalue weighted by Crippen LogP contribution is 2.36. The molecule has 1 atom stereocenters. The minimum absolute atomic E-state index is 0.172. The number of pyridine rings is 2. The summed E-state index contributed by atoms with van der Waals surface area (Å²) in [6.45, 7) is 0.824. The molecule has 5 heteroatoms. The van der Waals surface area contributed by atoms with E-state index in [-0.39, 0.29) is 11.6 Å². The van der Waals surface area contributed by atoms with E-state index in [0.717, 1.165) is 24.9 Å². The molecular weight excluding hydrogens is 254 g/mol. The minimum atomic E-state index is -0.937. The fourth-order valence-electron chi connectivity index (χ4n) is 2.75. The molecule has 0 aliphatic carbocycles. The Balaban J connectivity index is 1.99. The van der Waals surface area contributed by atoms with Crippen molar-refractivity contribution in [1.82, 2.24) is 9.97 Å². The summed E-state index contributed by atoms with van der Waals surface area (Å²) >= 11 is 0. The summed E-state index contributed by atoms with van der Waals surface area (Å²) in [4.78, 5) is 21.7. The van der Waals surface area contributed by atoms with Gasteiger partial charge in [0.25, 0.3) is 0 Å². The maximum Gasteiger partial charge on any atom is 0.339 e. The molecular formula is C15H15N3O2. The van der Waals surface area contributed by atoms with Gasteiger partial charge in [0.05, 0.1) is 6.04 Å². The van der Waals surface area contributed by atoms with Gasteiger partial charge in [-0.25, -0.2) is 9.78 Å². The van der Waals surface area contributed by atoms with E-state index in [2.05, 4.69) is 14.9 Å². The zero-order valence-corrected chi connectivity index (χ0v) is 10.9. The zero-order valence-electron chi connectivity index (χ0n) is 10.9. The van der Waals surface area contributed by atoms with Gasteiger partial charge in [-0.05, 0) is 42.7 Å². The van der Waals surface area contributed by atoms with Crippen molar-refractivity contribution >= 4 is 11.8 Å². The molecule has 1 aliphatic heterocycles.